The van der Waals surface area contributed by atoms with Gasteiger partial charge in [-0.05, 0) is 38.4 Å². The van der Waals surface area contributed by atoms with Crippen molar-refractivity contribution in [3.63, 3.8) is 0 Å². The normalized spacial score (nSPS) is 23.2. The zero-order valence-electron chi connectivity index (χ0n) is 11.7. The Balaban J connectivity index is 1.83. The molecule has 0 bridgehead atoms. The lowest BCUT2D eigenvalue weighted by Gasteiger charge is -2.24. The number of thioether (sulfide) groups is 1. The van der Waals surface area contributed by atoms with Crippen LogP contribution in [0.4, 0.5) is 11.6 Å². The summed E-state index contributed by atoms with van der Waals surface area (Å²) in [5.41, 5.74) is 1.14. The molecule has 104 valence electrons. The fraction of sp³-hybridized carbons (Fsp3) is 0.714. The Morgan fingerprint density at radius 3 is 2.58 bits per heavy atom. The van der Waals surface area contributed by atoms with E-state index in [9.17, 15) is 0 Å². The average Bonchev–Trinajstić information content (AvgIpc) is 3.27. The van der Waals surface area contributed by atoms with Crippen LogP contribution in [0.15, 0.2) is 0 Å². The van der Waals surface area contributed by atoms with Crippen molar-refractivity contribution in [3.8, 4) is 0 Å². The predicted octanol–water partition coefficient (Wildman–Crippen LogP) is 3.01. The molecular weight excluding hydrogens is 256 g/mol. The summed E-state index contributed by atoms with van der Waals surface area (Å²) < 4.78 is 0. The second-order valence-electron chi connectivity index (χ2n) is 5.49. The van der Waals surface area contributed by atoms with Crippen LogP contribution >= 0.6 is 11.8 Å². The summed E-state index contributed by atoms with van der Waals surface area (Å²) in [5.74, 6) is 6.11. The molecule has 0 radical (unpaired) electrons. The minimum atomic E-state index is 0.559. The first-order valence-corrected chi connectivity index (χ1v) is 8.34. The summed E-state index contributed by atoms with van der Waals surface area (Å²) in [5, 5.41) is 6.83. The number of aromatic nitrogens is 2. The van der Waals surface area contributed by atoms with E-state index in [-0.39, 0.29) is 0 Å². The first-order valence-electron chi connectivity index (χ1n) is 7.18. The predicted molar refractivity (Wildman–Crippen MR) is 82.3 cm³/mol. The molecule has 2 N–H and O–H groups in total. The van der Waals surface area contributed by atoms with Gasteiger partial charge in [0.2, 0.25) is 0 Å². The number of hydrogen-bond acceptors (Lipinski definition) is 5. The van der Waals surface area contributed by atoms with Gasteiger partial charge in [-0.3, -0.25) is 0 Å². The Hall–Kier alpha value is -0.970. The third-order valence-electron chi connectivity index (χ3n) is 3.84. The highest BCUT2D eigenvalue weighted by atomic mass is 32.2. The van der Waals surface area contributed by atoms with Crippen LogP contribution in [-0.2, 0) is 0 Å². The van der Waals surface area contributed by atoms with Gasteiger partial charge in [0.25, 0.3) is 0 Å². The van der Waals surface area contributed by atoms with Crippen molar-refractivity contribution < 1.29 is 0 Å². The lowest BCUT2D eigenvalue weighted by Crippen LogP contribution is -2.27. The first-order chi connectivity index (χ1) is 9.28. The summed E-state index contributed by atoms with van der Waals surface area (Å²) in [6.45, 7) is 2.10. The Morgan fingerprint density at radius 2 is 1.95 bits per heavy atom. The molecule has 1 aromatic heterocycles. The number of hydrogen-bond donors (Lipinski definition) is 2. The second-order valence-corrected chi connectivity index (χ2v) is 6.64. The van der Waals surface area contributed by atoms with Crippen molar-refractivity contribution in [2.45, 2.75) is 44.6 Å². The van der Waals surface area contributed by atoms with Crippen LogP contribution in [0.3, 0.4) is 0 Å². The summed E-state index contributed by atoms with van der Waals surface area (Å²) in [6.07, 6.45) is 5.04. The van der Waals surface area contributed by atoms with E-state index >= 15 is 0 Å². The van der Waals surface area contributed by atoms with Crippen molar-refractivity contribution in [1.29, 1.82) is 0 Å². The lowest BCUT2D eigenvalue weighted by molar-refractivity contribution is 0.680. The molecule has 2 fully saturated rings. The minimum Gasteiger partial charge on any atom is -0.373 e. The molecule has 19 heavy (non-hydrogen) atoms. The zero-order chi connectivity index (χ0) is 13.2. The van der Waals surface area contributed by atoms with E-state index in [1.807, 2.05) is 18.8 Å². The maximum absolute atomic E-state index is 4.77. The monoisotopic (exact) mass is 278 g/mol. The Labute approximate surface area is 119 Å². The van der Waals surface area contributed by atoms with E-state index in [0.29, 0.717) is 12.0 Å². The van der Waals surface area contributed by atoms with Gasteiger partial charge >= 0.3 is 0 Å². The standard InChI is InChI=1S/C14H22N4S/c1-9-12(15-2)17-14(10-5-6-10)18-13(9)16-11-4-3-7-19-8-11/h10-11H,3-8H2,1-2H3,(H2,15,16,17,18). The number of rotatable bonds is 4. The second kappa shape index (κ2) is 5.57. The smallest absolute Gasteiger partial charge is 0.136 e. The molecule has 2 aliphatic rings. The summed E-state index contributed by atoms with van der Waals surface area (Å²) in [6, 6.07) is 0.559. The van der Waals surface area contributed by atoms with Crippen LogP contribution in [0, 0.1) is 6.92 Å². The van der Waals surface area contributed by atoms with Crippen LogP contribution in [0.2, 0.25) is 0 Å². The molecule has 1 atom stereocenters. The van der Waals surface area contributed by atoms with Gasteiger partial charge in [-0.25, -0.2) is 9.97 Å². The van der Waals surface area contributed by atoms with Gasteiger partial charge in [-0.15, -0.1) is 0 Å². The highest BCUT2D eigenvalue weighted by Gasteiger charge is 2.28. The van der Waals surface area contributed by atoms with Gasteiger partial charge < -0.3 is 10.6 Å². The van der Waals surface area contributed by atoms with E-state index < -0.39 is 0 Å². The van der Waals surface area contributed by atoms with Crippen molar-refractivity contribution >= 4 is 23.4 Å². The first kappa shape index (κ1) is 13.0. The molecule has 1 aliphatic carbocycles. The van der Waals surface area contributed by atoms with E-state index in [1.54, 1.807) is 0 Å². The van der Waals surface area contributed by atoms with Gasteiger partial charge in [-0.2, -0.15) is 11.8 Å². The minimum absolute atomic E-state index is 0.559. The van der Waals surface area contributed by atoms with Gasteiger partial charge in [0.05, 0.1) is 0 Å². The Bertz CT molecular complexity index is 453. The molecule has 0 amide bonds. The van der Waals surface area contributed by atoms with E-state index in [4.69, 9.17) is 4.98 Å². The molecule has 0 spiro atoms. The van der Waals surface area contributed by atoms with E-state index in [2.05, 4.69) is 22.5 Å². The topological polar surface area (TPSA) is 49.8 Å². The quantitative estimate of drug-likeness (QED) is 0.886. The largest absolute Gasteiger partial charge is 0.373 e. The third kappa shape index (κ3) is 2.96. The highest BCUT2D eigenvalue weighted by molar-refractivity contribution is 7.99. The van der Waals surface area contributed by atoms with Gasteiger partial charge in [0.1, 0.15) is 17.5 Å². The van der Waals surface area contributed by atoms with Crippen molar-refractivity contribution in [2.75, 3.05) is 29.2 Å². The molecule has 4 nitrogen and oxygen atoms in total. The van der Waals surface area contributed by atoms with Crippen LogP contribution in [-0.4, -0.2) is 34.6 Å². The van der Waals surface area contributed by atoms with Crippen molar-refractivity contribution in [2.24, 2.45) is 0 Å². The summed E-state index contributed by atoms with van der Waals surface area (Å²) >= 11 is 2.04. The van der Waals surface area contributed by atoms with Gasteiger partial charge in [-0.1, -0.05) is 0 Å². The SMILES string of the molecule is CNc1nc(C2CC2)nc(NC2CCCSC2)c1C. The molecule has 2 heterocycles. The maximum Gasteiger partial charge on any atom is 0.136 e. The number of nitrogens with one attached hydrogen (secondary N) is 2. The van der Waals surface area contributed by atoms with Gasteiger partial charge in [0.15, 0.2) is 0 Å². The molecule has 1 aromatic rings. The van der Waals surface area contributed by atoms with Crippen molar-refractivity contribution in [3.05, 3.63) is 11.4 Å². The highest BCUT2D eigenvalue weighted by Crippen LogP contribution is 2.39. The fourth-order valence-corrected chi connectivity index (χ4v) is 3.56. The van der Waals surface area contributed by atoms with Crippen LogP contribution in [0.5, 0.6) is 0 Å². The number of anilines is 2. The van der Waals surface area contributed by atoms with Crippen LogP contribution in [0.1, 0.15) is 43.0 Å². The molecule has 0 aromatic carbocycles. The molecular formula is C14H22N4S. The number of nitrogens with zero attached hydrogens (tertiary/aromatic N) is 2. The average molecular weight is 278 g/mol. The summed E-state index contributed by atoms with van der Waals surface area (Å²) in [4.78, 5) is 9.40. The summed E-state index contributed by atoms with van der Waals surface area (Å²) in [7, 11) is 1.94. The molecule has 5 heteroatoms. The fourth-order valence-electron chi connectivity index (χ4n) is 2.49. The molecule has 1 unspecified atom stereocenters. The maximum atomic E-state index is 4.77. The Kier molecular flexibility index (Phi) is 3.82. The van der Waals surface area contributed by atoms with Crippen molar-refractivity contribution in [1.82, 2.24) is 9.97 Å². The third-order valence-corrected chi connectivity index (χ3v) is 5.06. The van der Waals surface area contributed by atoms with Crippen LogP contribution in [0.25, 0.3) is 0 Å². The molecule has 1 saturated carbocycles. The van der Waals surface area contributed by atoms with Crippen LogP contribution < -0.4 is 10.6 Å². The van der Waals surface area contributed by atoms with E-state index in [0.717, 1.165) is 23.0 Å². The zero-order valence-corrected chi connectivity index (χ0v) is 12.5. The van der Waals surface area contributed by atoms with E-state index in [1.165, 1.54) is 37.2 Å². The lowest BCUT2D eigenvalue weighted by atomic mass is 10.1. The Morgan fingerprint density at radius 1 is 1.16 bits per heavy atom. The molecule has 3 rings (SSSR count). The van der Waals surface area contributed by atoms with Gasteiger partial charge in [0, 0.05) is 30.3 Å². The molecule has 1 saturated heterocycles. The molecule has 1 aliphatic heterocycles.